The van der Waals surface area contributed by atoms with E-state index in [9.17, 15) is 14.4 Å². The molecule has 35 heavy (non-hydrogen) atoms. The lowest BCUT2D eigenvalue weighted by atomic mass is 10.1. The van der Waals surface area contributed by atoms with Crippen LogP contribution in [-0.4, -0.2) is 49.8 Å². The van der Waals surface area contributed by atoms with Gasteiger partial charge in [-0.25, -0.2) is 0 Å². The van der Waals surface area contributed by atoms with Gasteiger partial charge >= 0.3 is 0 Å². The van der Waals surface area contributed by atoms with Gasteiger partial charge in [-0.2, -0.15) is 0 Å². The molecule has 0 radical (unpaired) electrons. The largest absolute Gasteiger partial charge is 0.376 e. The first-order valence-electron chi connectivity index (χ1n) is 11.7. The summed E-state index contributed by atoms with van der Waals surface area (Å²) in [4.78, 5) is 40.3. The van der Waals surface area contributed by atoms with Gasteiger partial charge in [-0.15, -0.1) is 0 Å². The van der Waals surface area contributed by atoms with Gasteiger partial charge in [0.25, 0.3) is 5.91 Å². The first-order chi connectivity index (χ1) is 16.9. The lowest BCUT2D eigenvalue weighted by Crippen LogP contribution is -2.30. The third-order valence-corrected chi connectivity index (χ3v) is 5.58. The quantitative estimate of drug-likeness (QED) is 0.458. The highest BCUT2D eigenvalue weighted by Gasteiger charge is 2.16. The lowest BCUT2D eigenvalue weighted by molar-refractivity contribution is -0.128. The van der Waals surface area contributed by atoms with Crippen LogP contribution in [0.3, 0.4) is 0 Å². The van der Waals surface area contributed by atoms with Crippen LogP contribution < -0.4 is 15.5 Å². The maximum atomic E-state index is 12.9. The fourth-order valence-electron chi connectivity index (χ4n) is 3.56. The van der Waals surface area contributed by atoms with Crippen LogP contribution in [0.5, 0.6) is 0 Å². The molecule has 0 aliphatic rings. The monoisotopic (exact) mass is 472 g/mol. The van der Waals surface area contributed by atoms with E-state index in [2.05, 4.69) is 10.6 Å². The first kappa shape index (κ1) is 25.5. The number of amides is 3. The van der Waals surface area contributed by atoms with Crippen molar-refractivity contribution in [3.63, 3.8) is 0 Å². The Balaban J connectivity index is 1.49. The van der Waals surface area contributed by atoms with Gasteiger partial charge in [-0.05, 0) is 67.4 Å². The molecular weight excluding hydrogens is 440 g/mol. The molecule has 2 N–H and O–H groups in total. The predicted octanol–water partition coefficient (Wildman–Crippen LogP) is 4.42. The number of carbonyl (C=O) groups is 3. The second-order valence-electron chi connectivity index (χ2n) is 8.35. The van der Waals surface area contributed by atoms with Crippen molar-refractivity contribution in [1.29, 1.82) is 0 Å². The average Bonchev–Trinajstić information content (AvgIpc) is 2.88. The molecular formula is C28H32N4O3. The van der Waals surface area contributed by atoms with Crippen LogP contribution >= 0.6 is 0 Å². The van der Waals surface area contributed by atoms with E-state index < -0.39 is 0 Å². The van der Waals surface area contributed by atoms with E-state index in [0.717, 1.165) is 16.9 Å². The van der Waals surface area contributed by atoms with Crippen LogP contribution in [0.1, 0.15) is 29.3 Å². The standard InChI is InChI=1S/C28H32N4O3/c1-4-32(25-8-6-5-7-9-25)28(35)22-13-17-24(18-14-22)30-26(33)20-29-23-15-10-21(11-16-23)12-19-27(34)31(2)3/h5-11,13-18,29H,4,12,19-20H2,1-3H3,(H,30,33). The number of benzene rings is 3. The Kier molecular flexibility index (Phi) is 9.01. The van der Waals surface area contributed by atoms with E-state index in [1.807, 2.05) is 61.5 Å². The number of hydrogen-bond donors (Lipinski definition) is 2. The number of rotatable bonds is 10. The van der Waals surface area contributed by atoms with Gasteiger partial charge in [0, 0.05) is 49.7 Å². The Labute approximate surface area is 206 Å². The highest BCUT2D eigenvalue weighted by Crippen LogP contribution is 2.18. The smallest absolute Gasteiger partial charge is 0.258 e. The molecule has 0 fully saturated rings. The minimum Gasteiger partial charge on any atom is -0.376 e. The summed E-state index contributed by atoms with van der Waals surface area (Å²) >= 11 is 0. The lowest BCUT2D eigenvalue weighted by Gasteiger charge is -2.21. The molecule has 3 amide bonds. The molecule has 0 aliphatic heterocycles. The summed E-state index contributed by atoms with van der Waals surface area (Å²) in [5, 5.41) is 5.94. The average molecular weight is 473 g/mol. The Morgan fingerprint density at radius 1 is 0.800 bits per heavy atom. The van der Waals surface area contributed by atoms with Gasteiger partial charge in [-0.1, -0.05) is 30.3 Å². The van der Waals surface area contributed by atoms with E-state index in [-0.39, 0.29) is 24.3 Å². The second-order valence-corrected chi connectivity index (χ2v) is 8.35. The Bertz CT molecular complexity index is 1130. The van der Waals surface area contributed by atoms with Crippen molar-refractivity contribution in [1.82, 2.24) is 4.90 Å². The van der Waals surface area contributed by atoms with Crippen molar-refractivity contribution < 1.29 is 14.4 Å². The molecule has 7 heteroatoms. The molecule has 0 bridgehead atoms. The molecule has 182 valence electrons. The predicted molar refractivity (Wildman–Crippen MR) is 141 cm³/mol. The summed E-state index contributed by atoms with van der Waals surface area (Å²) in [6.45, 7) is 2.60. The third-order valence-electron chi connectivity index (χ3n) is 5.58. The molecule has 0 unspecified atom stereocenters. The summed E-state index contributed by atoms with van der Waals surface area (Å²) in [6, 6.07) is 24.1. The van der Waals surface area contributed by atoms with E-state index in [1.54, 1.807) is 48.2 Å². The molecule has 7 nitrogen and oxygen atoms in total. The Morgan fingerprint density at radius 2 is 1.43 bits per heavy atom. The molecule has 3 aromatic carbocycles. The number of hydrogen-bond acceptors (Lipinski definition) is 4. The maximum absolute atomic E-state index is 12.9. The fourth-order valence-corrected chi connectivity index (χ4v) is 3.56. The zero-order valence-electron chi connectivity index (χ0n) is 20.5. The van der Waals surface area contributed by atoms with Crippen LogP contribution in [0.25, 0.3) is 0 Å². The topological polar surface area (TPSA) is 81.8 Å². The fraction of sp³-hybridized carbons (Fsp3) is 0.250. The van der Waals surface area contributed by atoms with Crippen molar-refractivity contribution in [2.24, 2.45) is 0 Å². The van der Waals surface area contributed by atoms with Crippen molar-refractivity contribution >= 4 is 34.8 Å². The molecule has 0 aliphatic carbocycles. The molecule has 0 saturated heterocycles. The van der Waals surface area contributed by atoms with E-state index in [4.69, 9.17) is 0 Å². The summed E-state index contributed by atoms with van der Waals surface area (Å²) in [5.74, 6) is -0.183. The van der Waals surface area contributed by atoms with Gasteiger partial charge < -0.3 is 20.4 Å². The maximum Gasteiger partial charge on any atom is 0.258 e. The van der Waals surface area contributed by atoms with Gasteiger partial charge in [0.1, 0.15) is 0 Å². The zero-order valence-corrected chi connectivity index (χ0v) is 20.5. The molecule has 0 spiro atoms. The number of anilines is 3. The molecule has 0 atom stereocenters. The van der Waals surface area contributed by atoms with Crippen LogP contribution in [0.15, 0.2) is 78.9 Å². The van der Waals surface area contributed by atoms with Gasteiger partial charge in [0.05, 0.1) is 6.54 Å². The SMILES string of the molecule is CCN(C(=O)c1ccc(NC(=O)CNc2ccc(CCC(=O)N(C)C)cc2)cc1)c1ccccc1. The molecule has 0 saturated carbocycles. The summed E-state index contributed by atoms with van der Waals surface area (Å²) in [5.41, 5.74) is 3.91. The van der Waals surface area contributed by atoms with Crippen molar-refractivity contribution in [2.75, 3.05) is 42.7 Å². The van der Waals surface area contributed by atoms with Crippen molar-refractivity contribution in [3.8, 4) is 0 Å². The summed E-state index contributed by atoms with van der Waals surface area (Å²) in [7, 11) is 3.50. The van der Waals surface area contributed by atoms with Crippen LogP contribution in [0.4, 0.5) is 17.1 Å². The minimum absolute atomic E-state index is 0.0900. The first-order valence-corrected chi connectivity index (χ1v) is 11.7. The molecule has 3 rings (SSSR count). The highest BCUT2D eigenvalue weighted by atomic mass is 16.2. The van der Waals surface area contributed by atoms with E-state index in [0.29, 0.717) is 30.6 Å². The van der Waals surface area contributed by atoms with Crippen LogP contribution in [-0.2, 0) is 16.0 Å². The second kappa shape index (κ2) is 12.4. The third kappa shape index (κ3) is 7.43. The molecule has 0 heterocycles. The Hall–Kier alpha value is -4.13. The van der Waals surface area contributed by atoms with Crippen molar-refractivity contribution in [2.45, 2.75) is 19.8 Å². The van der Waals surface area contributed by atoms with Gasteiger partial charge in [0.2, 0.25) is 11.8 Å². The number of carbonyl (C=O) groups excluding carboxylic acids is 3. The normalized spacial score (nSPS) is 10.4. The van der Waals surface area contributed by atoms with Gasteiger partial charge in [-0.3, -0.25) is 14.4 Å². The highest BCUT2D eigenvalue weighted by molar-refractivity contribution is 6.06. The van der Waals surface area contributed by atoms with Crippen LogP contribution in [0.2, 0.25) is 0 Å². The van der Waals surface area contributed by atoms with Gasteiger partial charge in [0.15, 0.2) is 0 Å². The number of aryl methyl sites for hydroxylation is 1. The summed E-state index contributed by atoms with van der Waals surface area (Å²) < 4.78 is 0. The van der Waals surface area contributed by atoms with Crippen LogP contribution in [0, 0.1) is 0 Å². The van der Waals surface area contributed by atoms with E-state index >= 15 is 0 Å². The van der Waals surface area contributed by atoms with Crippen molar-refractivity contribution in [3.05, 3.63) is 90.0 Å². The zero-order chi connectivity index (χ0) is 25.2. The number of nitrogens with one attached hydrogen (secondary N) is 2. The minimum atomic E-state index is -0.191. The molecule has 0 aromatic heterocycles. The van der Waals surface area contributed by atoms with E-state index in [1.165, 1.54) is 0 Å². The number of para-hydroxylation sites is 1. The number of nitrogens with zero attached hydrogens (tertiary/aromatic N) is 2. The molecule has 3 aromatic rings. The Morgan fingerprint density at radius 3 is 2.03 bits per heavy atom. The summed E-state index contributed by atoms with van der Waals surface area (Å²) in [6.07, 6.45) is 1.15.